The number of rotatable bonds is 7. The molecule has 1 aromatic rings. The van der Waals surface area contributed by atoms with Crippen LogP contribution in [0.4, 0.5) is 0 Å². The van der Waals surface area contributed by atoms with Crippen LogP contribution < -0.4 is 11.1 Å². The normalized spacial score (nSPS) is 15.5. The molecule has 0 spiro atoms. The monoisotopic (exact) mass is 328 g/mol. The maximum Gasteiger partial charge on any atom is 0.137 e. The Hall–Kier alpha value is -2.17. The molecule has 0 radical (unpaired) electrons. The molecular formula is C20H28N2O2. The standard InChI is InChI=1S/C19H23NO2.CH5N/c1-14(15(2)22)20-19(13-21)12-16-8-10-18(11-9-16)17-6-4-3-5-7-17;1-2/h4,6-11,13-14,19-20,22H,2-3,5,12H2,1H3;2H2,1H3/t14-,19?;/m0./s1. The third-order valence-electron chi connectivity index (χ3n) is 3.87. The summed E-state index contributed by atoms with van der Waals surface area (Å²) in [5.41, 5.74) is 8.05. The Morgan fingerprint density at radius 2 is 2.00 bits per heavy atom. The van der Waals surface area contributed by atoms with Gasteiger partial charge in [-0.25, -0.2) is 0 Å². The highest BCUT2D eigenvalue weighted by molar-refractivity contribution is 5.74. The van der Waals surface area contributed by atoms with E-state index in [0.29, 0.717) is 6.42 Å². The number of benzene rings is 1. The molecule has 2 atom stereocenters. The van der Waals surface area contributed by atoms with E-state index in [1.165, 1.54) is 18.2 Å². The third-order valence-corrected chi connectivity index (χ3v) is 3.87. The second kappa shape index (κ2) is 10.6. The van der Waals surface area contributed by atoms with E-state index in [1.807, 2.05) is 0 Å². The van der Waals surface area contributed by atoms with Crippen LogP contribution >= 0.6 is 0 Å². The summed E-state index contributed by atoms with van der Waals surface area (Å²) < 4.78 is 0. The first kappa shape index (κ1) is 19.9. The highest BCUT2D eigenvalue weighted by atomic mass is 16.3. The van der Waals surface area contributed by atoms with E-state index < -0.39 is 0 Å². The maximum atomic E-state index is 11.2. The number of aliphatic hydroxyl groups is 1. The largest absolute Gasteiger partial charge is 0.511 e. The molecule has 0 saturated carbocycles. The van der Waals surface area contributed by atoms with Crippen LogP contribution in [0.1, 0.15) is 30.9 Å². The zero-order chi connectivity index (χ0) is 17.9. The van der Waals surface area contributed by atoms with Crippen LogP contribution in [-0.4, -0.2) is 30.5 Å². The van der Waals surface area contributed by atoms with Crippen LogP contribution in [0, 0.1) is 0 Å². The number of nitrogens with one attached hydrogen (secondary N) is 1. The van der Waals surface area contributed by atoms with Crippen LogP contribution in [0.25, 0.3) is 5.57 Å². The van der Waals surface area contributed by atoms with Crippen molar-refractivity contribution in [2.24, 2.45) is 5.73 Å². The first-order valence-electron chi connectivity index (χ1n) is 8.23. The molecule has 0 saturated heterocycles. The Kier molecular flexibility index (Phi) is 8.76. The molecule has 2 rings (SSSR count). The predicted octanol–water partition coefficient (Wildman–Crippen LogP) is 3.15. The lowest BCUT2D eigenvalue weighted by Gasteiger charge is -2.18. The molecule has 0 amide bonds. The fourth-order valence-electron chi connectivity index (χ4n) is 2.48. The molecule has 1 aromatic carbocycles. The van der Waals surface area contributed by atoms with Gasteiger partial charge in [-0.3, -0.25) is 5.32 Å². The minimum absolute atomic E-state index is 0.0400. The van der Waals surface area contributed by atoms with E-state index in [-0.39, 0.29) is 17.8 Å². The van der Waals surface area contributed by atoms with Crippen LogP contribution in [0.3, 0.4) is 0 Å². The number of aliphatic hydroxyl groups excluding tert-OH is 1. The molecule has 4 heteroatoms. The van der Waals surface area contributed by atoms with Gasteiger partial charge in [0.2, 0.25) is 0 Å². The Balaban J connectivity index is 0.00000139. The minimum Gasteiger partial charge on any atom is -0.511 e. The van der Waals surface area contributed by atoms with Crippen molar-refractivity contribution in [1.29, 1.82) is 0 Å². The van der Waals surface area contributed by atoms with Gasteiger partial charge in [0.1, 0.15) is 12.0 Å². The number of allylic oxidation sites excluding steroid dienone is 4. The topological polar surface area (TPSA) is 75.3 Å². The molecular weight excluding hydrogens is 300 g/mol. The number of carbonyl (C=O) groups is 1. The fourth-order valence-corrected chi connectivity index (χ4v) is 2.48. The molecule has 0 bridgehead atoms. The van der Waals surface area contributed by atoms with Gasteiger partial charge >= 0.3 is 0 Å². The summed E-state index contributed by atoms with van der Waals surface area (Å²) >= 11 is 0. The van der Waals surface area contributed by atoms with Crippen molar-refractivity contribution in [3.05, 3.63) is 66.0 Å². The zero-order valence-electron chi connectivity index (χ0n) is 14.5. The summed E-state index contributed by atoms with van der Waals surface area (Å²) in [6, 6.07) is 7.65. The smallest absolute Gasteiger partial charge is 0.137 e. The molecule has 130 valence electrons. The van der Waals surface area contributed by atoms with E-state index in [1.54, 1.807) is 6.92 Å². The molecule has 0 fully saturated rings. The van der Waals surface area contributed by atoms with Crippen molar-refractivity contribution in [1.82, 2.24) is 5.32 Å². The third kappa shape index (κ3) is 6.14. The minimum atomic E-state index is -0.335. The van der Waals surface area contributed by atoms with Crippen molar-refractivity contribution < 1.29 is 9.90 Å². The average Bonchev–Trinajstić information content (AvgIpc) is 2.64. The predicted molar refractivity (Wildman–Crippen MR) is 101 cm³/mol. The molecule has 0 heterocycles. The summed E-state index contributed by atoms with van der Waals surface area (Å²) in [6.07, 6.45) is 10.3. The van der Waals surface area contributed by atoms with E-state index in [9.17, 15) is 9.90 Å². The van der Waals surface area contributed by atoms with E-state index in [2.05, 4.69) is 60.1 Å². The van der Waals surface area contributed by atoms with Gasteiger partial charge in [-0.15, -0.1) is 0 Å². The lowest BCUT2D eigenvalue weighted by molar-refractivity contribution is -0.109. The Labute approximate surface area is 144 Å². The van der Waals surface area contributed by atoms with Gasteiger partial charge in [0.15, 0.2) is 0 Å². The Bertz CT molecular complexity index is 588. The average molecular weight is 328 g/mol. The number of carbonyl (C=O) groups excluding carboxylic acids is 1. The highest BCUT2D eigenvalue weighted by Crippen LogP contribution is 2.21. The van der Waals surface area contributed by atoms with Gasteiger partial charge in [-0.05, 0) is 49.9 Å². The molecule has 1 aliphatic carbocycles. The second-order valence-corrected chi connectivity index (χ2v) is 5.66. The van der Waals surface area contributed by atoms with Crippen LogP contribution in [0.5, 0.6) is 0 Å². The van der Waals surface area contributed by atoms with Gasteiger partial charge in [0.25, 0.3) is 0 Å². The highest BCUT2D eigenvalue weighted by Gasteiger charge is 2.13. The first-order valence-corrected chi connectivity index (χ1v) is 8.23. The van der Waals surface area contributed by atoms with E-state index in [0.717, 1.165) is 24.7 Å². The molecule has 24 heavy (non-hydrogen) atoms. The maximum absolute atomic E-state index is 11.2. The number of hydrogen-bond acceptors (Lipinski definition) is 4. The van der Waals surface area contributed by atoms with Crippen molar-refractivity contribution in [3.8, 4) is 0 Å². The van der Waals surface area contributed by atoms with Crippen LogP contribution in [0.15, 0.2) is 54.8 Å². The molecule has 4 N–H and O–H groups in total. The summed E-state index contributed by atoms with van der Waals surface area (Å²) in [4.78, 5) is 11.2. The van der Waals surface area contributed by atoms with Crippen molar-refractivity contribution in [2.45, 2.75) is 38.3 Å². The van der Waals surface area contributed by atoms with Gasteiger partial charge < -0.3 is 15.6 Å². The summed E-state index contributed by atoms with van der Waals surface area (Å²) in [6.45, 7) is 5.26. The SMILES string of the molecule is C=C(O)[C@H](C)NC(C=O)Cc1ccc(C2=CCCC=C2)cc1.CN. The summed E-state index contributed by atoms with van der Waals surface area (Å²) in [5.74, 6) is 0.0400. The lowest BCUT2D eigenvalue weighted by Crippen LogP contribution is -2.39. The van der Waals surface area contributed by atoms with Crippen molar-refractivity contribution in [3.63, 3.8) is 0 Å². The zero-order valence-corrected chi connectivity index (χ0v) is 14.5. The van der Waals surface area contributed by atoms with Gasteiger partial charge in [-0.1, -0.05) is 49.1 Å². The second-order valence-electron chi connectivity index (χ2n) is 5.66. The number of aldehydes is 1. The first-order chi connectivity index (χ1) is 11.6. The summed E-state index contributed by atoms with van der Waals surface area (Å²) in [5, 5.41) is 12.4. The van der Waals surface area contributed by atoms with Gasteiger partial charge in [0.05, 0.1) is 12.1 Å². The van der Waals surface area contributed by atoms with Crippen molar-refractivity contribution >= 4 is 11.9 Å². The van der Waals surface area contributed by atoms with Crippen molar-refractivity contribution in [2.75, 3.05) is 7.05 Å². The number of hydrogen-bond donors (Lipinski definition) is 3. The number of nitrogens with two attached hydrogens (primary N) is 1. The van der Waals surface area contributed by atoms with E-state index >= 15 is 0 Å². The summed E-state index contributed by atoms with van der Waals surface area (Å²) in [7, 11) is 1.50. The van der Waals surface area contributed by atoms with Crippen LogP contribution in [0.2, 0.25) is 0 Å². The van der Waals surface area contributed by atoms with Gasteiger partial charge in [0, 0.05) is 0 Å². The molecule has 0 aromatic heterocycles. The molecule has 1 aliphatic rings. The van der Waals surface area contributed by atoms with E-state index in [4.69, 9.17) is 0 Å². The molecule has 4 nitrogen and oxygen atoms in total. The lowest BCUT2D eigenvalue weighted by atomic mass is 9.97. The van der Waals surface area contributed by atoms with Gasteiger partial charge in [-0.2, -0.15) is 0 Å². The molecule has 1 unspecified atom stereocenters. The fraction of sp³-hybridized carbons (Fsp3) is 0.350. The van der Waals surface area contributed by atoms with Crippen LogP contribution in [-0.2, 0) is 11.2 Å². The Morgan fingerprint density at radius 1 is 1.33 bits per heavy atom. The Morgan fingerprint density at radius 3 is 2.50 bits per heavy atom. The molecule has 0 aliphatic heterocycles. The quantitative estimate of drug-likeness (QED) is 0.531.